The van der Waals surface area contributed by atoms with Gasteiger partial charge >= 0.3 is 0 Å². The van der Waals surface area contributed by atoms with E-state index in [1.807, 2.05) is 0 Å². The van der Waals surface area contributed by atoms with Gasteiger partial charge in [-0.3, -0.25) is 0 Å². The highest BCUT2D eigenvalue weighted by Gasteiger charge is 2.06. The minimum Gasteiger partial charge on any atom is -0.379 e. The van der Waals surface area contributed by atoms with Crippen molar-refractivity contribution in [3.05, 3.63) is 0 Å². The third-order valence-electron chi connectivity index (χ3n) is 4.39. The quantitative estimate of drug-likeness (QED) is 0.256. The van der Waals surface area contributed by atoms with Gasteiger partial charge in [0.15, 0.2) is 0 Å². The molecule has 0 aromatic heterocycles. The molecule has 0 aromatic carbocycles. The van der Waals surface area contributed by atoms with Crippen LogP contribution in [0.1, 0.15) is 117 Å². The Labute approximate surface area is 135 Å². The van der Waals surface area contributed by atoms with Gasteiger partial charge in [0, 0.05) is 6.61 Å². The van der Waals surface area contributed by atoms with Gasteiger partial charge < -0.3 is 4.74 Å². The van der Waals surface area contributed by atoms with Crippen LogP contribution in [0.2, 0.25) is 0 Å². The molecule has 1 atom stereocenters. The molecular formula is C20H42O. The fourth-order valence-electron chi connectivity index (χ4n) is 3.08. The van der Waals surface area contributed by atoms with E-state index in [4.69, 9.17) is 4.74 Å². The Morgan fingerprint density at radius 2 is 1.00 bits per heavy atom. The zero-order chi connectivity index (χ0) is 15.6. The van der Waals surface area contributed by atoms with Crippen LogP contribution in [0, 0.1) is 0 Å². The van der Waals surface area contributed by atoms with Crippen molar-refractivity contribution in [1.29, 1.82) is 0 Å². The molecule has 0 saturated heterocycles. The molecule has 0 N–H and O–H groups in total. The monoisotopic (exact) mass is 298 g/mol. The number of ether oxygens (including phenoxy) is 1. The number of hydrogen-bond donors (Lipinski definition) is 0. The van der Waals surface area contributed by atoms with Crippen LogP contribution >= 0.6 is 0 Å². The van der Waals surface area contributed by atoms with Crippen LogP contribution in [0.4, 0.5) is 0 Å². The van der Waals surface area contributed by atoms with Crippen molar-refractivity contribution in [2.45, 2.75) is 123 Å². The van der Waals surface area contributed by atoms with Gasteiger partial charge in [-0.05, 0) is 19.8 Å². The van der Waals surface area contributed by atoms with Crippen molar-refractivity contribution in [3.63, 3.8) is 0 Å². The van der Waals surface area contributed by atoms with E-state index in [0.717, 1.165) is 6.61 Å². The molecule has 0 amide bonds. The van der Waals surface area contributed by atoms with Crippen molar-refractivity contribution in [2.24, 2.45) is 0 Å². The van der Waals surface area contributed by atoms with Gasteiger partial charge in [0.05, 0.1) is 6.10 Å². The summed E-state index contributed by atoms with van der Waals surface area (Å²) in [6, 6.07) is 0. The fraction of sp³-hybridized carbons (Fsp3) is 1.00. The second-order valence-electron chi connectivity index (χ2n) is 6.54. The molecule has 0 rings (SSSR count). The Morgan fingerprint density at radius 1 is 0.524 bits per heavy atom. The summed E-state index contributed by atoms with van der Waals surface area (Å²) in [4.78, 5) is 0. The zero-order valence-electron chi connectivity index (χ0n) is 15.3. The maximum Gasteiger partial charge on any atom is 0.0574 e. The molecular weight excluding hydrogens is 256 g/mol. The first-order chi connectivity index (χ1) is 10.3. The van der Waals surface area contributed by atoms with Crippen molar-refractivity contribution in [3.8, 4) is 0 Å². The lowest BCUT2D eigenvalue weighted by Gasteiger charge is -2.15. The van der Waals surface area contributed by atoms with Crippen LogP contribution in [-0.2, 0) is 4.74 Å². The predicted octanol–water partition coefficient (Wildman–Crippen LogP) is 7.28. The summed E-state index contributed by atoms with van der Waals surface area (Å²) in [5.74, 6) is 0. The number of hydrogen-bond acceptors (Lipinski definition) is 1. The molecule has 21 heavy (non-hydrogen) atoms. The first kappa shape index (κ1) is 21.0. The third-order valence-corrected chi connectivity index (χ3v) is 4.39. The first-order valence-electron chi connectivity index (χ1n) is 9.96. The Morgan fingerprint density at radius 3 is 1.43 bits per heavy atom. The summed E-state index contributed by atoms with van der Waals surface area (Å²) in [6.07, 6.45) is 21.5. The molecule has 0 fully saturated rings. The van der Waals surface area contributed by atoms with Crippen molar-refractivity contribution in [1.82, 2.24) is 0 Å². The molecule has 1 nitrogen and oxygen atoms in total. The van der Waals surface area contributed by atoms with E-state index in [0.29, 0.717) is 6.10 Å². The molecule has 1 unspecified atom stereocenters. The second-order valence-corrected chi connectivity index (χ2v) is 6.54. The number of rotatable bonds is 17. The summed E-state index contributed by atoms with van der Waals surface area (Å²) in [7, 11) is 0. The minimum absolute atomic E-state index is 0.531. The van der Waals surface area contributed by atoms with Gasteiger partial charge in [-0.1, -0.05) is 97.3 Å². The van der Waals surface area contributed by atoms with E-state index in [2.05, 4.69) is 20.8 Å². The van der Waals surface area contributed by atoms with Crippen LogP contribution in [0.5, 0.6) is 0 Å². The average molecular weight is 299 g/mol. The summed E-state index contributed by atoms with van der Waals surface area (Å²) in [5, 5.41) is 0. The molecule has 128 valence electrons. The molecule has 1 heteroatoms. The van der Waals surface area contributed by atoms with Gasteiger partial charge in [0.1, 0.15) is 0 Å². The second kappa shape index (κ2) is 18.0. The van der Waals surface area contributed by atoms with Crippen LogP contribution in [0.15, 0.2) is 0 Å². The summed E-state index contributed by atoms with van der Waals surface area (Å²) >= 11 is 0. The highest BCUT2D eigenvalue weighted by atomic mass is 16.5. The Kier molecular flexibility index (Phi) is 18.0. The third kappa shape index (κ3) is 16.2. The maximum absolute atomic E-state index is 5.78. The van der Waals surface area contributed by atoms with Gasteiger partial charge in [0.2, 0.25) is 0 Å². The van der Waals surface area contributed by atoms with Gasteiger partial charge in [0.25, 0.3) is 0 Å². The standard InChI is InChI=1S/C20H42O/c1-4-7-8-9-10-11-12-13-14-15-16-17-19-20(18-5-2)21-6-3/h20H,4-19H2,1-3H3. The van der Waals surface area contributed by atoms with E-state index in [1.54, 1.807) is 0 Å². The molecule has 0 saturated carbocycles. The lowest BCUT2D eigenvalue weighted by Crippen LogP contribution is -2.12. The number of unbranched alkanes of at least 4 members (excludes halogenated alkanes) is 11. The highest BCUT2D eigenvalue weighted by Crippen LogP contribution is 2.15. The van der Waals surface area contributed by atoms with Gasteiger partial charge in [-0.15, -0.1) is 0 Å². The zero-order valence-corrected chi connectivity index (χ0v) is 15.3. The summed E-state index contributed by atoms with van der Waals surface area (Å²) in [6.45, 7) is 7.54. The van der Waals surface area contributed by atoms with Crippen LogP contribution in [0.25, 0.3) is 0 Å². The molecule has 0 aliphatic heterocycles. The topological polar surface area (TPSA) is 9.23 Å². The molecule has 0 aliphatic rings. The largest absolute Gasteiger partial charge is 0.379 e. The molecule has 0 radical (unpaired) electrons. The van der Waals surface area contributed by atoms with E-state index in [9.17, 15) is 0 Å². The Bertz CT molecular complexity index is 173. The first-order valence-corrected chi connectivity index (χ1v) is 9.96. The molecule has 0 spiro atoms. The normalized spacial score (nSPS) is 12.7. The highest BCUT2D eigenvalue weighted by molar-refractivity contribution is 4.58. The van der Waals surface area contributed by atoms with Crippen molar-refractivity contribution < 1.29 is 4.74 Å². The lowest BCUT2D eigenvalue weighted by molar-refractivity contribution is 0.0484. The van der Waals surface area contributed by atoms with Crippen LogP contribution < -0.4 is 0 Å². The average Bonchev–Trinajstić information content (AvgIpc) is 2.48. The lowest BCUT2D eigenvalue weighted by atomic mass is 10.0. The van der Waals surface area contributed by atoms with E-state index in [1.165, 1.54) is 96.3 Å². The van der Waals surface area contributed by atoms with Crippen molar-refractivity contribution >= 4 is 0 Å². The SMILES string of the molecule is CCCCCCCCCCCCCCC(CCC)OCC. The van der Waals surface area contributed by atoms with Crippen molar-refractivity contribution in [2.75, 3.05) is 6.61 Å². The Hall–Kier alpha value is -0.0400. The fourth-order valence-corrected chi connectivity index (χ4v) is 3.08. The summed E-state index contributed by atoms with van der Waals surface area (Å²) < 4.78 is 5.78. The van der Waals surface area contributed by atoms with Gasteiger partial charge in [-0.2, -0.15) is 0 Å². The van der Waals surface area contributed by atoms with E-state index in [-0.39, 0.29) is 0 Å². The maximum atomic E-state index is 5.78. The molecule has 0 heterocycles. The van der Waals surface area contributed by atoms with Gasteiger partial charge in [-0.25, -0.2) is 0 Å². The Balaban J connectivity index is 3.17. The molecule has 0 aromatic rings. The molecule has 0 aliphatic carbocycles. The van der Waals surface area contributed by atoms with Crippen LogP contribution in [0.3, 0.4) is 0 Å². The molecule has 0 bridgehead atoms. The van der Waals surface area contributed by atoms with Crippen LogP contribution in [-0.4, -0.2) is 12.7 Å². The predicted molar refractivity (Wildman–Crippen MR) is 96.0 cm³/mol. The summed E-state index contributed by atoms with van der Waals surface area (Å²) in [5.41, 5.74) is 0. The smallest absolute Gasteiger partial charge is 0.0574 e. The van der Waals surface area contributed by atoms with E-state index < -0.39 is 0 Å². The minimum atomic E-state index is 0.531. The van der Waals surface area contributed by atoms with E-state index >= 15 is 0 Å².